The molecule has 1 aromatic heterocycles. The third-order valence-corrected chi connectivity index (χ3v) is 3.23. The molecule has 72 valence electrons. The van der Waals surface area contributed by atoms with Crippen LogP contribution in [-0.2, 0) is 0 Å². The number of hydrogen-bond acceptors (Lipinski definition) is 3. The molecule has 5 heteroatoms. The summed E-state index contributed by atoms with van der Waals surface area (Å²) in [6.45, 7) is 2.79. The molecule has 0 fully saturated rings. The Morgan fingerprint density at radius 1 is 1.77 bits per heavy atom. The van der Waals surface area contributed by atoms with Crippen LogP contribution in [0.15, 0.2) is 5.38 Å². The lowest BCUT2D eigenvalue weighted by Crippen LogP contribution is -2.28. The van der Waals surface area contributed by atoms with Crippen molar-refractivity contribution in [3.05, 3.63) is 20.8 Å². The smallest absolute Gasteiger partial charge is 0.262 e. The van der Waals surface area contributed by atoms with Crippen molar-refractivity contribution in [1.82, 2.24) is 5.32 Å². The number of rotatable bonds is 3. The first-order valence-corrected chi connectivity index (χ1v) is 5.14. The zero-order valence-electron chi connectivity index (χ0n) is 7.26. The normalized spacial score (nSPS) is 10.1. The van der Waals surface area contributed by atoms with E-state index < -0.39 is 0 Å². The highest BCUT2D eigenvalue weighted by atomic mass is 35.5. The Bertz CT molecular complexity index is 311. The fourth-order valence-electron chi connectivity index (χ4n) is 0.849. The van der Waals surface area contributed by atoms with E-state index in [1.54, 1.807) is 0 Å². The second kappa shape index (κ2) is 4.60. The van der Waals surface area contributed by atoms with Crippen molar-refractivity contribution in [2.45, 2.75) is 6.92 Å². The first-order valence-electron chi connectivity index (χ1n) is 3.88. The van der Waals surface area contributed by atoms with E-state index >= 15 is 0 Å². The summed E-state index contributed by atoms with van der Waals surface area (Å²) in [5.41, 5.74) is 6.19. The van der Waals surface area contributed by atoms with E-state index in [-0.39, 0.29) is 5.91 Å². The summed E-state index contributed by atoms with van der Waals surface area (Å²) in [6, 6.07) is 0. The predicted molar refractivity (Wildman–Crippen MR) is 55.5 cm³/mol. The summed E-state index contributed by atoms with van der Waals surface area (Å²) < 4.78 is 0. The van der Waals surface area contributed by atoms with E-state index in [0.29, 0.717) is 23.0 Å². The van der Waals surface area contributed by atoms with Gasteiger partial charge in [0.2, 0.25) is 0 Å². The van der Waals surface area contributed by atoms with Crippen LogP contribution in [-0.4, -0.2) is 19.0 Å². The number of nitrogens with two attached hydrogens (primary N) is 1. The number of nitrogens with one attached hydrogen (secondary N) is 1. The lowest BCUT2D eigenvalue weighted by Gasteiger charge is -2.00. The first kappa shape index (κ1) is 10.5. The van der Waals surface area contributed by atoms with Crippen molar-refractivity contribution >= 4 is 28.8 Å². The van der Waals surface area contributed by atoms with Gasteiger partial charge in [-0.3, -0.25) is 4.79 Å². The molecule has 13 heavy (non-hydrogen) atoms. The van der Waals surface area contributed by atoms with Gasteiger partial charge in [-0.05, 0) is 17.9 Å². The molecule has 0 aliphatic heterocycles. The highest BCUT2D eigenvalue weighted by molar-refractivity contribution is 7.13. The number of carbonyl (C=O) groups is 1. The molecule has 0 spiro atoms. The van der Waals surface area contributed by atoms with Crippen LogP contribution in [0.3, 0.4) is 0 Å². The molecule has 0 aliphatic rings. The lowest BCUT2D eigenvalue weighted by atomic mass is 10.3. The highest BCUT2D eigenvalue weighted by Crippen LogP contribution is 2.26. The summed E-state index contributed by atoms with van der Waals surface area (Å²) in [5, 5.41) is 5.07. The Labute approximate surface area is 85.9 Å². The molecular weight excluding hydrogens is 208 g/mol. The Morgan fingerprint density at radius 3 is 2.92 bits per heavy atom. The monoisotopic (exact) mass is 218 g/mol. The number of hydrogen-bond donors (Lipinski definition) is 2. The molecule has 1 amide bonds. The number of amides is 1. The molecule has 0 aliphatic carbocycles. The van der Waals surface area contributed by atoms with Crippen molar-refractivity contribution in [1.29, 1.82) is 0 Å². The van der Waals surface area contributed by atoms with Gasteiger partial charge in [-0.1, -0.05) is 11.6 Å². The van der Waals surface area contributed by atoms with Crippen LogP contribution in [0.1, 0.15) is 15.2 Å². The van der Waals surface area contributed by atoms with Crippen LogP contribution in [0.25, 0.3) is 0 Å². The van der Waals surface area contributed by atoms with E-state index in [1.807, 2.05) is 12.3 Å². The van der Waals surface area contributed by atoms with Gasteiger partial charge in [0.05, 0.1) is 5.02 Å². The minimum absolute atomic E-state index is 0.145. The second-order valence-electron chi connectivity index (χ2n) is 2.61. The standard InChI is InChI=1S/C8H11ClN2OS/c1-5-4-13-7(6(5)9)8(12)11-3-2-10/h4H,2-3,10H2,1H3,(H,11,12). The van der Waals surface area contributed by atoms with Crippen LogP contribution < -0.4 is 11.1 Å². The number of carbonyl (C=O) groups excluding carboxylic acids is 1. The molecule has 3 nitrogen and oxygen atoms in total. The zero-order valence-corrected chi connectivity index (χ0v) is 8.84. The van der Waals surface area contributed by atoms with E-state index in [1.165, 1.54) is 11.3 Å². The molecule has 0 unspecified atom stereocenters. The molecular formula is C8H11ClN2OS. The molecule has 0 atom stereocenters. The molecule has 0 radical (unpaired) electrons. The third-order valence-electron chi connectivity index (χ3n) is 1.54. The van der Waals surface area contributed by atoms with E-state index in [2.05, 4.69) is 5.32 Å². The average molecular weight is 219 g/mol. The molecule has 0 saturated heterocycles. The van der Waals surface area contributed by atoms with E-state index in [0.717, 1.165) is 5.56 Å². The third kappa shape index (κ3) is 2.43. The summed E-state index contributed by atoms with van der Waals surface area (Å²) >= 11 is 7.25. The zero-order chi connectivity index (χ0) is 9.84. The maximum atomic E-state index is 11.4. The minimum atomic E-state index is -0.145. The van der Waals surface area contributed by atoms with Crippen molar-refractivity contribution in [2.75, 3.05) is 13.1 Å². The van der Waals surface area contributed by atoms with Crippen LogP contribution in [0, 0.1) is 6.92 Å². The van der Waals surface area contributed by atoms with Gasteiger partial charge in [-0.2, -0.15) is 0 Å². The second-order valence-corrected chi connectivity index (χ2v) is 3.86. The molecule has 3 N–H and O–H groups in total. The summed E-state index contributed by atoms with van der Waals surface area (Å²) in [7, 11) is 0. The molecule has 1 aromatic rings. The van der Waals surface area contributed by atoms with Crippen molar-refractivity contribution in [3.63, 3.8) is 0 Å². The summed E-state index contributed by atoms with van der Waals surface area (Å²) in [4.78, 5) is 12.0. The first-order chi connectivity index (χ1) is 6.16. The quantitative estimate of drug-likeness (QED) is 0.806. The van der Waals surface area contributed by atoms with Gasteiger partial charge in [0.25, 0.3) is 5.91 Å². The SMILES string of the molecule is Cc1csc(C(=O)NCCN)c1Cl. The molecule has 0 aromatic carbocycles. The maximum absolute atomic E-state index is 11.4. The van der Waals surface area contributed by atoms with Crippen molar-refractivity contribution in [3.8, 4) is 0 Å². The largest absolute Gasteiger partial charge is 0.350 e. The Hall–Kier alpha value is -0.580. The van der Waals surface area contributed by atoms with Crippen LogP contribution in [0.2, 0.25) is 5.02 Å². The van der Waals surface area contributed by atoms with Gasteiger partial charge in [0.1, 0.15) is 4.88 Å². The summed E-state index contributed by atoms with van der Waals surface area (Å²) in [6.07, 6.45) is 0. The molecule has 1 heterocycles. The fraction of sp³-hybridized carbons (Fsp3) is 0.375. The fourth-order valence-corrected chi connectivity index (χ4v) is 2.04. The average Bonchev–Trinajstić information content (AvgIpc) is 2.44. The van der Waals surface area contributed by atoms with E-state index in [9.17, 15) is 4.79 Å². The van der Waals surface area contributed by atoms with Crippen molar-refractivity contribution in [2.24, 2.45) is 5.73 Å². The van der Waals surface area contributed by atoms with Crippen molar-refractivity contribution < 1.29 is 4.79 Å². The molecule has 0 bridgehead atoms. The van der Waals surface area contributed by atoms with Gasteiger partial charge in [-0.15, -0.1) is 11.3 Å². The number of thiophene rings is 1. The Kier molecular flexibility index (Phi) is 3.71. The van der Waals surface area contributed by atoms with Crippen LogP contribution in [0.4, 0.5) is 0 Å². The lowest BCUT2D eigenvalue weighted by molar-refractivity contribution is 0.0959. The molecule has 1 rings (SSSR count). The van der Waals surface area contributed by atoms with Gasteiger partial charge in [-0.25, -0.2) is 0 Å². The van der Waals surface area contributed by atoms with Gasteiger partial charge in [0, 0.05) is 13.1 Å². The maximum Gasteiger partial charge on any atom is 0.262 e. The topological polar surface area (TPSA) is 55.1 Å². The molecule has 0 saturated carbocycles. The number of halogens is 1. The predicted octanol–water partition coefficient (Wildman–Crippen LogP) is 1.40. The highest BCUT2D eigenvalue weighted by Gasteiger charge is 2.13. The minimum Gasteiger partial charge on any atom is -0.350 e. The van der Waals surface area contributed by atoms with Gasteiger partial charge in [0.15, 0.2) is 0 Å². The Balaban J connectivity index is 2.71. The van der Waals surface area contributed by atoms with E-state index in [4.69, 9.17) is 17.3 Å². The van der Waals surface area contributed by atoms with Crippen LogP contribution >= 0.6 is 22.9 Å². The Morgan fingerprint density at radius 2 is 2.46 bits per heavy atom. The summed E-state index contributed by atoms with van der Waals surface area (Å²) in [5.74, 6) is -0.145. The van der Waals surface area contributed by atoms with Crippen LogP contribution in [0.5, 0.6) is 0 Å². The van der Waals surface area contributed by atoms with Gasteiger partial charge >= 0.3 is 0 Å². The number of aryl methyl sites for hydroxylation is 1. The van der Waals surface area contributed by atoms with Gasteiger partial charge < -0.3 is 11.1 Å².